The first-order chi connectivity index (χ1) is 24.6. The number of pyridine rings is 2. The van der Waals surface area contributed by atoms with Crippen LogP contribution >= 0.6 is 0 Å². The maximum absolute atomic E-state index is 15.9. The predicted octanol–water partition coefficient (Wildman–Crippen LogP) is 6.41. The molecule has 2 heterocycles. The number of amides is 4. The van der Waals surface area contributed by atoms with Gasteiger partial charge in [0.1, 0.15) is 31.4 Å². The van der Waals surface area contributed by atoms with E-state index in [1.165, 1.54) is 12.4 Å². The summed E-state index contributed by atoms with van der Waals surface area (Å²) in [4.78, 5) is 64.4. The molecule has 1 aliphatic rings. The molecule has 2 aromatic heterocycles. The Morgan fingerprint density at radius 3 is 1.65 bits per heavy atom. The van der Waals surface area contributed by atoms with Gasteiger partial charge in [-0.05, 0) is 54.4 Å². The van der Waals surface area contributed by atoms with Gasteiger partial charge in [0, 0.05) is 18.8 Å². The summed E-state index contributed by atoms with van der Waals surface area (Å²) >= 11 is 0. The molecule has 1 saturated carbocycles. The molecule has 52 heavy (non-hydrogen) atoms. The fourth-order valence-corrected chi connectivity index (χ4v) is 6.43. The number of halogens is 2. The maximum Gasteiger partial charge on any atom is 0.408 e. The van der Waals surface area contributed by atoms with E-state index in [-0.39, 0.29) is 25.6 Å². The number of nitrogens with one attached hydrogen (secondary N) is 2. The number of alkyl halides is 2. The van der Waals surface area contributed by atoms with Gasteiger partial charge in [-0.25, -0.2) is 18.4 Å². The van der Waals surface area contributed by atoms with E-state index >= 15 is 8.78 Å². The Hall–Kier alpha value is -4.20. The van der Waals surface area contributed by atoms with Gasteiger partial charge in [0.15, 0.2) is 0 Å². The van der Waals surface area contributed by atoms with Gasteiger partial charge in [-0.3, -0.25) is 24.5 Å². The monoisotopic (exact) mass is 731 g/mol. The average molecular weight is 732 g/mol. The van der Waals surface area contributed by atoms with E-state index in [2.05, 4.69) is 20.6 Å². The smallest absolute Gasteiger partial charge is 0.408 e. The molecule has 1 fully saturated rings. The largest absolute Gasteiger partial charge is 0.443 e. The molecule has 0 saturated heterocycles. The molecule has 14 heteroatoms. The Balaban J connectivity index is 2.03. The van der Waals surface area contributed by atoms with Crippen LogP contribution in [0.15, 0.2) is 48.8 Å². The van der Waals surface area contributed by atoms with Crippen molar-refractivity contribution in [1.29, 1.82) is 0 Å². The first-order valence-electron chi connectivity index (χ1n) is 18.2. The van der Waals surface area contributed by atoms with Crippen molar-refractivity contribution in [2.24, 2.45) is 23.7 Å². The SMILES string of the molecule is CC(C)CC(F)(F)[C@H](O)[C@H](CC1CCCCC1)N(C(=O)[C@@H](NC(=O)OCc1ccccn1)C(C)C)C(=O)[C@@H](NC(=O)OCc1ccccn1)C(C)C. The molecule has 4 amide bonds. The van der Waals surface area contributed by atoms with E-state index < -0.39 is 78.3 Å². The number of carbonyl (C=O) groups is 4. The molecule has 2 aromatic rings. The lowest BCUT2D eigenvalue weighted by atomic mass is 9.81. The van der Waals surface area contributed by atoms with Gasteiger partial charge in [-0.1, -0.05) is 85.8 Å². The highest BCUT2D eigenvalue weighted by atomic mass is 19.3. The van der Waals surface area contributed by atoms with Gasteiger partial charge in [-0.2, -0.15) is 0 Å². The zero-order chi connectivity index (χ0) is 38.4. The quantitative estimate of drug-likeness (QED) is 0.167. The van der Waals surface area contributed by atoms with Crippen molar-refractivity contribution in [3.05, 3.63) is 60.2 Å². The Kier molecular flexibility index (Phi) is 16.4. The molecule has 3 rings (SSSR count). The second-order valence-electron chi connectivity index (χ2n) is 14.7. The van der Waals surface area contributed by atoms with Crippen LogP contribution in [0.3, 0.4) is 0 Å². The summed E-state index contributed by atoms with van der Waals surface area (Å²) in [5, 5.41) is 16.6. The number of aliphatic hydroxyl groups is 1. The lowest BCUT2D eigenvalue weighted by Crippen LogP contribution is -2.65. The van der Waals surface area contributed by atoms with Crippen molar-refractivity contribution in [3.8, 4) is 0 Å². The molecular weight excluding hydrogens is 676 g/mol. The number of nitrogens with zero attached hydrogens (tertiary/aromatic N) is 3. The van der Waals surface area contributed by atoms with Crippen molar-refractivity contribution >= 4 is 24.0 Å². The number of hydrogen-bond acceptors (Lipinski definition) is 9. The van der Waals surface area contributed by atoms with E-state index in [4.69, 9.17) is 9.47 Å². The lowest BCUT2D eigenvalue weighted by molar-refractivity contribution is -0.173. The van der Waals surface area contributed by atoms with Gasteiger partial charge in [-0.15, -0.1) is 0 Å². The van der Waals surface area contributed by atoms with Crippen LogP contribution in [-0.4, -0.2) is 74.1 Å². The molecule has 288 valence electrons. The molecular formula is C38H55F2N5O7. The minimum atomic E-state index is -3.68. The lowest BCUT2D eigenvalue weighted by Gasteiger charge is -2.42. The van der Waals surface area contributed by atoms with Crippen LogP contribution in [0, 0.1) is 23.7 Å². The standard InChI is InChI=1S/C38H55F2N5O7/c1-24(2)21-38(39,40)33(46)30(20-27-14-8-7-9-15-27)45(34(47)31(25(3)4)43-36(49)51-22-28-16-10-12-18-41-28)35(48)32(26(5)6)44-37(50)52-23-29-17-11-13-19-42-29/h10-13,16-19,24-27,30-33,46H,7-9,14-15,20-23H2,1-6H3,(H,43,49)(H,44,50)/t30-,31-,32-,33+/m0/s1. The van der Waals surface area contributed by atoms with Gasteiger partial charge >= 0.3 is 12.2 Å². The summed E-state index contributed by atoms with van der Waals surface area (Å²) in [6, 6.07) is 5.59. The zero-order valence-electron chi connectivity index (χ0n) is 31.1. The molecule has 0 bridgehead atoms. The second-order valence-corrected chi connectivity index (χ2v) is 14.7. The third-order valence-corrected chi connectivity index (χ3v) is 9.15. The third-order valence-electron chi connectivity index (χ3n) is 9.15. The summed E-state index contributed by atoms with van der Waals surface area (Å²) < 4.78 is 42.5. The molecule has 0 spiro atoms. The van der Waals surface area contributed by atoms with E-state index in [1.807, 2.05) is 0 Å². The van der Waals surface area contributed by atoms with E-state index in [0.717, 1.165) is 19.3 Å². The predicted molar refractivity (Wildman–Crippen MR) is 190 cm³/mol. The minimum absolute atomic E-state index is 0.0871. The molecule has 4 atom stereocenters. The van der Waals surface area contributed by atoms with Crippen molar-refractivity contribution in [2.75, 3.05) is 0 Å². The van der Waals surface area contributed by atoms with E-state index in [1.54, 1.807) is 77.9 Å². The summed E-state index contributed by atoms with van der Waals surface area (Å²) in [5.74, 6) is -7.68. The number of carbonyl (C=O) groups excluding carboxylic acids is 4. The number of aliphatic hydroxyl groups excluding tert-OH is 1. The summed E-state index contributed by atoms with van der Waals surface area (Å²) in [6.45, 7) is 9.26. The molecule has 0 aromatic carbocycles. The Bertz CT molecular complexity index is 1340. The van der Waals surface area contributed by atoms with Gasteiger partial charge in [0.2, 0.25) is 0 Å². The summed E-state index contributed by atoms with van der Waals surface area (Å²) in [7, 11) is 0. The first-order valence-corrected chi connectivity index (χ1v) is 18.2. The normalized spacial score (nSPS) is 16.2. The van der Waals surface area contributed by atoms with Crippen molar-refractivity contribution in [2.45, 2.75) is 130 Å². The first kappa shape index (κ1) is 42.2. The maximum atomic E-state index is 15.9. The summed E-state index contributed by atoms with van der Waals surface area (Å²) in [6.07, 6.45) is 1.86. The molecule has 1 aliphatic carbocycles. The minimum Gasteiger partial charge on any atom is -0.443 e. The number of rotatable bonds is 17. The highest BCUT2D eigenvalue weighted by Crippen LogP contribution is 2.37. The van der Waals surface area contributed by atoms with Crippen LogP contribution in [-0.2, 0) is 32.3 Å². The molecule has 12 nitrogen and oxygen atoms in total. The zero-order valence-corrected chi connectivity index (χ0v) is 31.1. The van der Waals surface area contributed by atoms with E-state index in [0.29, 0.717) is 29.1 Å². The Morgan fingerprint density at radius 2 is 1.27 bits per heavy atom. The number of aromatic nitrogens is 2. The Morgan fingerprint density at radius 1 is 0.808 bits per heavy atom. The van der Waals surface area contributed by atoms with Gasteiger partial charge in [0.25, 0.3) is 17.7 Å². The van der Waals surface area contributed by atoms with E-state index in [9.17, 15) is 24.3 Å². The van der Waals surface area contributed by atoms with Crippen LogP contribution in [0.25, 0.3) is 0 Å². The van der Waals surface area contributed by atoms with Crippen LogP contribution < -0.4 is 10.6 Å². The van der Waals surface area contributed by atoms with Crippen molar-refractivity contribution in [3.63, 3.8) is 0 Å². The molecule has 0 radical (unpaired) electrons. The van der Waals surface area contributed by atoms with Crippen LogP contribution in [0.5, 0.6) is 0 Å². The molecule has 0 unspecified atom stereocenters. The van der Waals surface area contributed by atoms with Crippen LogP contribution in [0.2, 0.25) is 0 Å². The average Bonchev–Trinajstić information content (AvgIpc) is 3.10. The number of hydrogen-bond donors (Lipinski definition) is 3. The Labute approximate surface area is 305 Å². The van der Waals surface area contributed by atoms with Gasteiger partial charge < -0.3 is 25.2 Å². The highest BCUT2D eigenvalue weighted by molar-refractivity contribution is 6.02. The summed E-state index contributed by atoms with van der Waals surface area (Å²) in [5.41, 5.74) is 0.899. The number of ether oxygens (including phenoxy) is 2. The number of imide groups is 1. The van der Waals surface area contributed by atoms with Crippen LogP contribution in [0.4, 0.5) is 18.4 Å². The topological polar surface area (TPSA) is 160 Å². The fourth-order valence-electron chi connectivity index (χ4n) is 6.43. The van der Waals surface area contributed by atoms with Crippen LogP contribution in [0.1, 0.15) is 97.9 Å². The molecule has 0 aliphatic heterocycles. The fraction of sp³-hybridized carbons (Fsp3) is 0.632. The number of alkyl carbamates (subject to hydrolysis) is 2. The van der Waals surface area contributed by atoms with Crippen molar-refractivity contribution in [1.82, 2.24) is 25.5 Å². The van der Waals surface area contributed by atoms with Gasteiger partial charge in [0.05, 0.1) is 17.4 Å². The van der Waals surface area contributed by atoms with Crippen molar-refractivity contribution < 1.29 is 42.5 Å². The second kappa shape index (κ2) is 20.1. The third kappa shape index (κ3) is 12.8. The molecule has 3 N–H and O–H groups in total. The highest BCUT2D eigenvalue weighted by Gasteiger charge is 2.51.